The van der Waals surface area contributed by atoms with E-state index in [4.69, 9.17) is 0 Å². The molecule has 1 aromatic carbocycles. The van der Waals surface area contributed by atoms with Gasteiger partial charge in [0.15, 0.2) is 0 Å². The van der Waals surface area contributed by atoms with Gasteiger partial charge in [0.05, 0.1) is 5.69 Å². The molecule has 20 heavy (non-hydrogen) atoms. The number of pyridine rings is 1. The predicted octanol–water partition coefficient (Wildman–Crippen LogP) is 3.58. The van der Waals surface area contributed by atoms with Gasteiger partial charge >= 0.3 is 0 Å². The Balaban J connectivity index is 2.26. The van der Waals surface area contributed by atoms with Crippen molar-refractivity contribution < 1.29 is 0 Å². The van der Waals surface area contributed by atoms with E-state index < -0.39 is 0 Å². The average molecular weight is 269 g/mol. The van der Waals surface area contributed by atoms with E-state index in [1.165, 1.54) is 22.5 Å². The van der Waals surface area contributed by atoms with Gasteiger partial charge in [0, 0.05) is 31.2 Å². The van der Waals surface area contributed by atoms with Gasteiger partial charge in [-0.1, -0.05) is 24.6 Å². The van der Waals surface area contributed by atoms with Crippen LogP contribution in [-0.4, -0.2) is 18.6 Å². The van der Waals surface area contributed by atoms with E-state index in [1.807, 2.05) is 6.20 Å². The molecule has 0 fully saturated rings. The third kappa shape index (κ3) is 3.36. The van der Waals surface area contributed by atoms with Crippen molar-refractivity contribution in [2.24, 2.45) is 0 Å². The standard InChI is InChI=1S/C17H23N3/c1-5-18-12-15-11-16(8-9-19-15)20(4)17-7-6-13(2)10-14(17)3/h6-11,18H,5,12H2,1-4H3. The van der Waals surface area contributed by atoms with Crippen LogP contribution in [0.3, 0.4) is 0 Å². The Bertz CT molecular complexity index is 578. The minimum Gasteiger partial charge on any atom is -0.344 e. The number of rotatable bonds is 5. The van der Waals surface area contributed by atoms with Gasteiger partial charge in [0.2, 0.25) is 0 Å². The fourth-order valence-corrected chi connectivity index (χ4v) is 2.34. The number of aromatic nitrogens is 1. The summed E-state index contributed by atoms with van der Waals surface area (Å²) in [6.07, 6.45) is 1.88. The number of hydrogen-bond acceptors (Lipinski definition) is 3. The summed E-state index contributed by atoms with van der Waals surface area (Å²) in [5.74, 6) is 0. The fourth-order valence-electron chi connectivity index (χ4n) is 2.34. The Morgan fingerprint density at radius 3 is 2.65 bits per heavy atom. The molecule has 0 unspecified atom stereocenters. The molecule has 0 saturated carbocycles. The van der Waals surface area contributed by atoms with Crippen molar-refractivity contribution in [3.63, 3.8) is 0 Å². The molecular weight excluding hydrogens is 246 g/mol. The zero-order chi connectivity index (χ0) is 14.5. The lowest BCUT2D eigenvalue weighted by Gasteiger charge is -2.22. The van der Waals surface area contributed by atoms with Gasteiger partial charge in [0.25, 0.3) is 0 Å². The van der Waals surface area contributed by atoms with E-state index in [0.29, 0.717) is 0 Å². The first-order valence-corrected chi connectivity index (χ1v) is 7.08. The van der Waals surface area contributed by atoms with Gasteiger partial charge in [0.1, 0.15) is 0 Å². The minimum atomic E-state index is 0.811. The second kappa shape index (κ2) is 6.53. The zero-order valence-corrected chi connectivity index (χ0v) is 12.8. The molecule has 3 nitrogen and oxygen atoms in total. The highest BCUT2D eigenvalue weighted by molar-refractivity contribution is 5.65. The van der Waals surface area contributed by atoms with Crippen LogP contribution in [0.5, 0.6) is 0 Å². The highest BCUT2D eigenvalue weighted by Gasteiger charge is 2.08. The Kier molecular flexibility index (Phi) is 4.74. The van der Waals surface area contributed by atoms with E-state index >= 15 is 0 Å². The number of hydrogen-bond donors (Lipinski definition) is 1. The number of nitrogens with one attached hydrogen (secondary N) is 1. The van der Waals surface area contributed by atoms with Crippen molar-refractivity contribution in [2.45, 2.75) is 27.3 Å². The van der Waals surface area contributed by atoms with Crippen LogP contribution < -0.4 is 10.2 Å². The van der Waals surface area contributed by atoms with Crippen molar-refractivity contribution in [3.8, 4) is 0 Å². The molecule has 2 aromatic rings. The molecule has 0 aliphatic carbocycles. The molecule has 2 rings (SSSR count). The lowest BCUT2D eigenvalue weighted by atomic mass is 10.1. The van der Waals surface area contributed by atoms with Crippen LogP contribution in [-0.2, 0) is 6.54 Å². The maximum atomic E-state index is 4.40. The predicted molar refractivity (Wildman–Crippen MR) is 85.6 cm³/mol. The molecule has 1 N–H and O–H groups in total. The molecule has 0 aliphatic heterocycles. The molecule has 1 heterocycles. The van der Waals surface area contributed by atoms with E-state index in [9.17, 15) is 0 Å². The molecule has 0 bridgehead atoms. The van der Waals surface area contributed by atoms with Crippen LogP contribution in [0.2, 0.25) is 0 Å². The van der Waals surface area contributed by atoms with Crippen LogP contribution in [0.4, 0.5) is 11.4 Å². The molecule has 0 saturated heterocycles. The first kappa shape index (κ1) is 14.5. The topological polar surface area (TPSA) is 28.2 Å². The normalized spacial score (nSPS) is 10.6. The second-order valence-electron chi connectivity index (χ2n) is 5.13. The molecule has 0 amide bonds. The Morgan fingerprint density at radius 1 is 1.15 bits per heavy atom. The quantitative estimate of drug-likeness (QED) is 0.899. The maximum Gasteiger partial charge on any atom is 0.0562 e. The van der Waals surface area contributed by atoms with Crippen molar-refractivity contribution in [1.82, 2.24) is 10.3 Å². The lowest BCUT2D eigenvalue weighted by Crippen LogP contribution is -2.15. The Labute approximate surface area is 121 Å². The fraction of sp³-hybridized carbons (Fsp3) is 0.353. The van der Waals surface area contributed by atoms with Crippen molar-refractivity contribution in [1.29, 1.82) is 0 Å². The van der Waals surface area contributed by atoms with Gasteiger partial charge in [-0.05, 0) is 44.2 Å². The van der Waals surface area contributed by atoms with E-state index in [2.05, 4.69) is 73.4 Å². The molecule has 0 radical (unpaired) electrons. The number of anilines is 2. The van der Waals surface area contributed by atoms with Gasteiger partial charge in [-0.15, -0.1) is 0 Å². The third-order valence-electron chi connectivity index (χ3n) is 3.46. The van der Waals surface area contributed by atoms with Crippen LogP contribution in [0, 0.1) is 13.8 Å². The highest BCUT2D eigenvalue weighted by Crippen LogP contribution is 2.27. The van der Waals surface area contributed by atoms with E-state index in [0.717, 1.165) is 18.8 Å². The molecule has 3 heteroatoms. The van der Waals surface area contributed by atoms with E-state index in [-0.39, 0.29) is 0 Å². The largest absolute Gasteiger partial charge is 0.344 e. The van der Waals surface area contributed by atoms with Crippen molar-refractivity contribution in [2.75, 3.05) is 18.5 Å². The number of nitrogens with zero attached hydrogens (tertiary/aromatic N) is 2. The summed E-state index contributed by atoms with van der Waals surface area (Å²) < 4.78 is 0. The van der Waals surface area contributed by atoms with Crippen LogP contribution in [0.25, 0.3) is 0 Å². The summed E-state index contributed by atoms with van der Waals surface area (Å²) in [5, 5.41) is 3.31. The summed E-state index contributed by atoms with van der Waals surface area (Å²) in [6, 6.07) is 10.7. The third-order valence-corrected chi connectivity index (χ3v) is 3.46. The highest BCUT2D eigenvalue weighted by atomic mass is 15.1. The van der Waals surface area contributed by atoms with Gasteiger partial charge in [-0.3, -0.25) is 4.98 Å². The van der Waals surface area contributed by atoms with Crippen LogP contribution in [0.1, 0.15) is 23.7 Å². The molecule has 1 aromatic heterocycles. The molecule has 0 atom stereocenters. The van der Waals surface area contributed by atoms with E-state index in [1.54, 1.807) is 0 Å². The summed E-state index contributed by atoms with van der Waals surface area (Å²) >= 11 is 0. The van der Waals surface area contributed by atoms with Gasteiger partial charge < -0.3 is 10.2 Å². The number of aryl methyl sites for hydroxylation is 2. The second-order valence-corrected chi connectivity index (χ2v) is 5.13. The first-order chi connectivity index (χ1) is 9.61. The molecule has 106 valence electrons. The molecule has 0 aliphatic rings. The Morgan fingerprint density at radius 2 is 1.95 bits per heavy atom. The summed E-state index contributed by atoms with van der Waals surface area (Å²) in [6.45, 7) is 8.15. The summed E-state index contributed by atoms with van der Waals surface area (Å²) in [5.41, 5.74) is 6.05. The summed E-state index contributed by atoms with van der Waals surface area (Å²) in [4.78, 5) is 6.61. The molecule has 0 spiro atoms. The summed E-state index contributed by atoms with van der Waals surface area (Å²) in [7, 11) is 2.10. The van der Waals surface area contributed by atoms with Crippen molar-refractivity contribution >= 4 is 11.4 Å². The zero-order valence-electron chi connectivity index (χ0n) is 12.8. The smallest absolute Gasteiger partial charge is 0.0562 e. The Hall–Kier alpha value is -1.87. The maximum absolute atomic E-state index is 4.40. The van der Waals surface area contributed by atoms with Crippen molar-refractivity contribution in [3.05, 3.63) is 53.3 Å². The van der Waals surface area contributed by atoms with Crippen LogP contribution >= 0.6 is 0 Å². The first-order valence-electron chi connectivity index (χ1n) is 7.08. The monoisotopic (exact) mass is 269 g/mol. The van der Waals surface area contributed by atoms with Gasteiger partial charge in [-0.25, -0.2) is 0 Å². The average Bonchev–Trinajstić information content (AvgIpc) is 2.45. The lowest BCUT2D eigenvalue weighted by molar-refractivity contribution is 0.710. The number of benzene rings is 1. The van der Waals surface area contributed by atoms with Crippen LogP contribution in [0.15, 0.2) is 36.5 Å². The molecular formula is C17H23N3. The van der Waals surface area contributed by atoms with Gasteiger partial charge in [-0.2, -0.15) is 0 Å². The minimum absolute atomic E-state index is 0.811. The SMILES string of the molecule is CCNCc1cc(N(C)c2ccc(C)cc2C)ccn1.